The molecule has 2 heterocycles. The highest BCUT2D eigenvalue weighted by Gasteiger charge is 2.10. The van der Waals surface area contributed by atoms with Crippen LogP contribution in [0.2, 0.25) is 0 Å². The van der Waals surface area contributed by atoms with Crippen molar-refractivity contribution in [1.82, 2.24) is 9.55 Å². The standard InChI is InChI=1S/C22H16N2O3/c25-20(12-11-16-6-2-1-3-7-16)17-8-4-9-18(14-17)24-15-19(23-22(24)26)21-10-5-13-27-21/h1-15H,(H,23,26). The molecule has 0 aliphatic carbocycles. The number of nitrogens with one attached hydrogen (secondary N) is 1. The highest BCUT2D eigenvalue weighted by molar-refractivity contribution is 6.07. The predicted molar refractivity (Wildman–Crippen MR) is 104 cm³/mol. The molecular weight excluding hydrogens is 340 g/mol. The number of allylic oxidation sites excluding steroid dienone is 1. The van der Waals surface area contributed by atoms with Crippen molar-refractivity contribution in [3.63, 3.8) is 0 Å². The molecule has 0 aliphatic heterocycles. The fourth-order valence-corrected chi connectivity index (χ4v) is 2.79. The molecule has 132 valence electrons. The third-order valence-electron chi connectivity index (χ3n) is 4.14. The van der Waals surface area contributed by atoms with E-state index in [1.54, 1.807) is 54.9 Å². The van der Waals surface area contributed by atoms with Gasteiger partial charge in [-0.1, -0.05) is 48.5 Å². The van der Waals surface area contributed by atoms with Crippen LogP contribution in [0.5, 0.6) is 0 Å². The van der Waals surface area contributed by atoms with Crippen molar-refractivity contribution in [2.45, 2.75) is 0 Å². The number of H-pyrrole nitrogens is 1. The highest BCUT2D eigenvalue weighted by Crippen LogP contribution is 2.18. The number of hydrogen-bond donors (Lipinski definition) is 1. The second kappa shape index (κ2) is 7.17. The molecule has 0 atom stereocenters. The van der Waals surface area contributed by atoms with Gasteiger partial charge in [0.25, 0.3) is 0 Å². The number of aromatic amines is 1. The first-order valence-corrected chi connectivity index (χ1v) is 8.44. The summed E-state index contributed by atoms with van der Waals surface area (Å²) < 4.78 is 6.77. The molecule has 1 N–H and O–H groups in total. The molecule has 27 heavy (non-hydrogen) atoms. The Morgan fingerprint density at radius 3 is 2.63 bits per heavy atom. The molecule has 0 fully saturated rings. The van der Waals surface area contributed by atoms with Gasteiger partial charge in [-0.3, -0.25) is 9.36 Å². The van der Waals surface area contributed by atoms with Gasteiger partial charge < -0.3 is 9.40 Å². The fraction of sp³-hybridized carbons (Fsp3) is 0. The van der Waals surface area contributed by atoms with Crippen LogP contribution in [0, 0.1) is 0 Å². The Labute approximate surface area is 155 Å². The molecule has 0 unspecified atom stereocenters. The van der Waals surface area contributed by atoms with E-state index >= 15 is 0 Å². The second-order valence-electron chi connectivity index (χ2n) is 5.98. The highest BCUT2D eigenvalue weighted by atomic mass is 16.3. The molecule has 2 aromatic carbocycles. The average Bonchev–Trinajstić information content (AvgIpc) is 3.37. The van der Waals surface area contributed by atoms with Crippen LogP contribution in [-0.4, -0.2) is 15.3 Å². The number of aromatic nitrogens is 2. The largest absolute Gasteiger partial charge is 0.463 e. The van der Waals surface area contributed by atoms with Gasteiger partial charge in [-0.15, -0.1) is 0 Å². The molecule has 0 bridgehead atoms. The summed E-state index contributed by atoms with van der Waals surface area (Å²) in [7, 11) is 0. The van der Waals surface area contributed by atoms with E-state index in [1.807, 2.05) is 30.3 Å². The number of rotatable bonds is 5. The maximum atomic E-state index is 12.5. The minimum absolute atomic E-state index is 0.129. The molecule has 2 aromatic heterocycles. The number of ketones is 1. The summed E-state index contributed by atoms with van der Waals surface area (Å²) in [6.07, 6.45) is 6.50. The lowest BCUT2D eigenvalue weighted by molar-refractivity contribution is 0.104. The number of hydrogen-bond acceptors (Lipinski definition) is 3. The molecule has 5 heteroatoms. The minimum Gasteiger partial charge on any atom is -0.463 e. The van der Waals surface area contributed by atoms with E-state index in [-0.39, 0.29) is 11.5 Å². The fourth-order valence-electron chi connectivity index (χ4n) is 2.79. The van der Waals surface area contributed by atoms with Crippen LogP contribution in [-0.2, 0) is 0 Å². The van der Waals surface area contributed by atoms with Gasteiger partial charge in [0.05, 0.1) is 12.0 Å². The zero-order valence-corrected chi connectivity index (χ0v) is 14.3. The zero-order chi connectivity index (χ0) is 18.6. The van der Waals surface area contributed by atoms with Gasteiger partial charge in [0.2, 0.25) is 0 Å². The van der Waals surface area contributed by atoms with Gasteiger partial charge in [0.1, 0.15) is 5.69 Å². The van der Waals surface area contributed by atoms with Gasteiger partial charge in [0, 0.05) is 11.8 Å². The Bertz CT molecular complexity index is 1150. The summed E-state index contributed by atoms with van der Waals surface area (Å²) in [5, 5.41) is 0. The molecule has 0 aliphatic rings. The maximum absolute atomic E-state index is 12.5. The Kier molecular flexibility index (Phi) is 4.41. The number of nitrogens with zero attached hydrogens (tertiary/aromatic N) is 1. The lowest BCUT2D eigenvalue weighted by atomic mass is 10.1. The van der Waals surface area contributed by atoms with Crippen molar-refractivity contribution in [3.8, 4) is 17.1 Å². The maximum Gasteiger partial charge on any atom is 0.330 e. The first-order chi connectivity index (χ1) is 13.2. The first-order valence-electron chi connectivity index (χ1n) is 8.44. The zero-order valence-electron chi connectivity index (χ0n) is 14.3. The Morgan fingerprint density at radius 1 is 1.00 bits per heavy atom. The van der Waals surface area contributed by atoms with E-state index in [0.29, 0.717) is 22.7 Å². The van der Waals surface area contributed by atoms with Crippen LogP contribution < -0.4 is 5.69 Å². The van der Waals surface area contributed by atoms with E-state index in [0.717, 1.165) is 5.56 Å². The summed E-state index contributed by atoms with van der Waals surface area (Å²) in [4.78, 5) is 27.5. The van der Waals surface area contributed by atoms with E-state index < -0.39 is 0 Å². The summed E-state index contributed by atoms with van der Waals surface area (Å²) >= 11 is 0. The summed E-state index contributed by atoms with van der Waals surface area (Å²) in [6, 6.07) is 20.1. The molecule has 0 radical (unpaired) electrons. The van der Waals surface area contributed by atoms with Crippen molar-refractivity contribution >= 4 is 11.9 Å². The normalized spacial score (nSPS) is 11.1. The molecule has 0 saturated carbocycles. The van der Waals surface area contributed by atoms with Crippen molar-refractivity contribution < 1.29 is 9.21 Å². The lowest BCUT2D eigenvalue weighted by Gasteiger charge is -2.03. The van der Waals surface area contributed by atoms with Crippen molar-refractivity contribution in [3.05, 3.63) is 107 Å². The average molecular weight is 356 g/mol. The predicted octanol–water partition coefficient (Wildman–Crippen LogP) is 4.32. The summed E-state index contributed by atoms with van der Waals surface area (Å²) in [5.41, 5.74) is 2.34. The van der Waals surface area contributed by atoms with Crippen LogP contribution in [0.25, 0.3) is 23.2 Å². The smallest absolute Gasteiger partial charge is 0.330 e. The number of imidazole rings is 1. The van der Waals surface area contributed by atoms with Crippen LogP contribution in [0.3, 0.4) is 0 Å². The van der Waals surface area contributed by atoms with E-state index in [9.17, 15) is 9.59 Å². The van der Waals surface area contributed by atoms with Gasteiger partial charge in [-0.2, -0.15) is 0 Å². The van der Waals surface area contributed by atoms with Crippen LogP contribution in [0.15, 0.2) is 94.5 Å². The Hall–Kier alpha value is -3.86. The SMILES string of the molecule is O=C(C=Cc1ccccc1)c1cccc(-n2cc(-c3ccco3)[nH]c2=O)c1. The van der Waals surface area contributed by atoms with Crippen molar-refractivity contribution in [1.29, 1.82) is 0 Å². The topological polar surface area (TPSA) is 68.0 Å². The molecule has 4 rings (SSSR count). The Morgan fingerprint density at radius 2 is 1.85 bits per heavy atom. The van der Waals surface area contributed by atoms with E-state index in [2.05, 4.69) is 4.98 Å². The lowest BCUT2D eigenvalue weighted by Crippen LogP contribution is -2.14. The monoisotopic (exact) mass is 356 g/mol. The van der Waals surface area contributed by atoms with E-state index in [1.165, 1.54) is 10.6 Å². The first kappa shape index (κ1) is 16.6. The van der Waals surface area contributed by atoms with E-state index in [4.69, 9.17) is 4.42 Å². The molecule has 0 spiro atoms. The van der Waals surface area contributed by atoms with Crippen LogP contribution in [0.1, 0.15) is 15.9 Å². The Balaban J connectivity index is 1.62. The summed E-state index contributed by atoms with van der Waals surface area (Å²) in [6.45, 7) is 0. The van der Waals surface area contributed by atoms with Crippen molar-refractivity contribution in [2.75, 3.05) is 0 Å². The van der Waals surface area contributed by atoms with Crippen LogP contribution in [0.4, 0.5) is 0 Å². The molecular formula is C22H16N2O3. The second-order valence-corrected chi connectivity index (χ2v) is 5.98. The van der Waals surface area contributed by atoms with Gasteiger partial charge in [-0.05, 0) is 35.9 Å². The third kappa shape index (κ3) is 3.57. The van der Waals surface area contributed by atoms with Crippen molar-refractivity contribution in [2.24, 2.45) is 0 Å². The number of furan rings is 1. The molecule has 0 saturated heterocycles. The third-order valence-corrected chi connectivity index (χ3v) is 4.14. The van der Waals surface area contributed by atoms with Gasteiger partial charge in [0.15, 0.2) is 11.5 Å². The number of benzene rings is 2. The van der Waals surface area contributed by atoms with Crippen LogP contribution >= 0.6 is 0 Å². The van der Waals surface area contributed by atoms with Gasteiger partial charge >= 0.3 is 5.69 Å². The summed E-state index contributed by atoms with van der Waals surface area (Å²) in [5.74, 6) is 0.444. The quantitative estimate of drug-likeness (QED) is 0.428. The number of carbonyl (C=O) groups is 1. The molecule has 5 nitrogen and oxygen atoms in total. The van der Waals surface area contributed by atoms with Gasteiger partial charge in [-0.25, -0.2) is 4.79 Å². The molecule has 4 aromatic rings. The molecule has 0 amide bonds. The minimum atomic E-state index is -0.300. The number of carbonyl (C=O) groups excluding carboxylic acids is 1.